The topological polar surface area (TPSA) is 12.0 Å². The van der Waals surface area contributed by atoms with E-state index >= 15 is 0 Å². The van der Waals surface area contributed by atoms with Gasteiger partial charge in [-0.25, -0.2) is 0 Å². The van der Waals surface area contributed by atoms with Crippen molar-refractivity contribution in [2.45, 2.75) is 6.18 Å². The Morgan fingerprint density at radius 2 is 1.92 bits per heavy atom. The zero-order valence-corrected chi connectivity index (χ0v) is 8.33. The smallest absolute Gasteiger partial charge is 0.388 e. The van der Waals surface area contributed by atoms with Crippen molar-refractivity contribution in [2.24, 2.45) is 0 Å². The summed E-state index contributed by atoms with van der Waals surface area (Å²) in [6.45, 7) is 0. The minimum atomic E-state index is -4.33. The van der Waals surface area contributed by atoms with Crippen LogP contribution in [0.5, 0.6) is 0 Å². The molecule has 1 aromatic carbocycles. The maximum atomic E-state index is 12.4. The quantitative estimate of drug-likeness (QED) is 0.808. The first-order chi connectivity index (χ1) is 5.96. The van der Waals surface area contributed by atoms with Gasteiger partial charge in [0.25, 0.3) is 0 Å². The summed E-state index contributed by atoms with van der Waals surface area (Å²) >= 11 is 2.86. The standard InChI is InChI=1S/C8H7BrF3N/c1-13-6-4-2-3-5(9)7(6)8(10,11)12/h2-4,13H,1H3. The Kier molecular flexibility index (Phi) is 2.85. The molecule has 0 aliphatic rings. The summed E-state index contributed by atoms with van der Waals surface area (Å²) in [6.07, 6.45) is -4.33. The molecule has 0 aliphatic carbocycles. The van der Waals surface area contributed by atoms with Crippen molar-refractivity contribution in [1.29, 1.82) is 0 Å². The van der Waals surface area contributed by atoms with Crippen molar-refractivity contribution < 1.29 is 13.2 Å². The van der Waals surface area contributed by atoms with Crippen LogP contribution in [0.1, 0.15) is 5.56 Å². The van der Waals surface area contributed by atoms with Crippen LogP contribution in [0.3, 0.4) is 0 Å². The van der Waals surface area contributed by atoms with Gasteiger partial charge >= 0.3 is 6.18 Å². The summed E-state index contributed by atoms with van der Waals surface area (Å²) in [4.78, 5) is 0. The van der Waals surface area contributed by atoms with Crippen LogP contribution in [0.25, 0.3) is 0 Å². The highest BCUT2D eigenvalue weighted by molar-refractivity contribution is 9.10. The average Bonchev–Trinajstić information content (AvgIpc) is 2.01. The van der Waals surface area contributed by atoms with E-state index in [4.69, 9.17) is 0 Å². The molecule has 1 N–H and O–H groups in total. The van der Waals surface area contributed by atoms with Gasteiger partial charge in [0.15, 0.2) is 0 Å². The van der Waals surface area contributed by atoms with E-state index in [1.165, 1.54) is 19.2 Å². The number of hydrogen-bond donors (Lipinski definition) is 1. The number of hydrogen-bond acceptors (Lipinski definition) is 1. The summed E-state index contributed by atoms with van der Waals surface area (Å²) in [5.74, 6) is 0. The van der Waals surface area contributed by atoms with Crippen LogP contribution in [0, 0.1) is 0 Å². The van der Waals surface area contributed by atoms with E-state index in [-0.39, 0.29) is 10.2 Å². The summed E-state index contributed by atoms with van der Waals surface area (Å²) in [5.41, 5.74) is -0.598. The van der Waals surface area contributed by atoms with Crippen molar-refractivity contribution in [3.8, 4) is 0 Å². The second-order valence-corrected chi connectivity index (χ2v) is 3.26. The van der Waals surface area contributed by atoms with Crippen molar-refractivity contribution in [2.75, 3.05) is 12.4 Å². The van der Waals surface area contributed by atoms with Gasteiger partial charge in [-0.05, 0) is 12.1 Å². The Labute approximate surface area is 82.1 Å². The Balaban J connectivity index is 3.32. The number of anilines is 1. The maximum Gasteiger partial charge on any atom is 0.419 e. The van der Waals surface area contributed by atoms with E-state index in [1.54, 1.807) is 6.07 Å². The van der Waals surface area contributed by atoms with Crippen LogP contribution < -0.4 is 5.32 Å². The first-order valence-electron chi connectivity index (χ1n) is 3.50. The molecular weight excluding hydrogens is 247 g/mol. The van der Waals surface area contributed by atoms with Crippen molar-refractivity contribution >= 4 is 21.6 Å². The van der Waals surface area contributed by atoms with Crippen LogP contribution in [0.15, 0.2) is 22.7 Å². The molecule has 1 aromatic rings. The van der Waals surface area contributed by atoms with Gasteiger partial charge in [-0.3, -0.25) is 0 Å². The number of rotatable bonds is 1. The third kappa shape index (κ3) is 2.15. The van der Waals surface area contributed by atoms with E-state index in [0.29, 0.717) is 0 Å². The Morgan fingerprint density at radius 3 is 2.31 bits per heavy atom. The lowest BCUT2D eigenvalue weighted by Crippen LogP contribution is -2.09. The van der Waals surface area contributed by atoms with Gasteiger partial charge < -0.3 is 5.32 Å². The fourth-order valence-corrected chi connectivity index (χ4v) is 1.61. The Morgan fingerprint density at radius 1 is 1.31 bits per heavy atom. The third-order valence-electron chi connectivity index (χ3n) is 1.57. The fourth-order valence-electron chi connectivity index (χ4n) is 1.02. The zero-order valence-electron chi connectivity index (χ0n) is 6.74. The number of benzene rings is 1. The fraction of sp³-hybridized carbons (Fsp3) is 0.250. The predicted octanol–water partition coefficient (Wildman–Crippen LogP) is 3.51. The van der Waals surface area contributed by atoms with Gasteiger partial charge in [-0.2, -0.15) is 13.2 Å². The summed E-state index contributed by atoms with van der Waals surface area (Å²) in [7, 11) is 1.46. The molecule has 72 valence electrons. The van der Waals surface area contributed by atoms with E-state index in [9.17, 15) is 13.2 Å². The first-order valence-corrected chi connectivity index (χ1v) is 4.29. The molecule has 0 saturated heterocycles. The number of halogens is 4. The zero-order chi connectivity index (χ0) is 10.1. The lowest BCUT2D eigenvalue weighted by Gasteiger charge is -2.13. The largest absolute Gasteiger partial charge is 0.419 e. The molecule has 0 bridgehead atoms. The number of nitrogens with one attached hydrogen (secondary N) is 1. The summed E-state index contributed by atoms with van der Waals surface area (Å²) < 4.78 is 37.3. The molecule has 0 radical (unpaired) electrons. The van der Waals surface area contributed by atoms with Gasteiger partial charge in [0.05, 0.1) is 5.56 Å². The lowest BCUT2D eigenvalue weighted by molar-refractivity contribution is -0.137. The second-order valence-electron chi connectivity index (χ2n) is 2.41. The molecule has 0 amide bonds. The van der Waals surface area contributed by atoms with E-state index in [0.717, 1.165) is 0 Å². The molecule has 1 rings (SSSR count). The Hall–Kier alpha value is -0.710. The molecule has 0 atom stereocenters. The molecular formula is C8H7BrF3N. The van der Waals surface area contributed by atoms with Crippen molar-refractivity contribution in [3.05, 3.63) is 28.2 Å². The maximum absolute atomic E-state index is 12.4. The first kappa shape index (κ1) is 10.4. The summed E-state index contributed by atoms with van der Waals surface area (Å²) in [5, 5.41) is 2.49. The number of alkyl halides is 3. The highest BCUT2D eigenvalue weighted by Gasteiger charge is 2.35. The van der Waals surface area contributed by atoms with E-state index in [1.807, 2.05) is 0 Å². The van der Waals surface area contributed by atoms with Crippen LogP contribution in [0.2, 0.25) is 0 Å². The predicted molar refractivity (Wildman–Crippen MR) is 48.7 cm³/mol. The minimum Gasteiger partial charge on any atom is -0.388 e. The molecule has 5 heteroatoms. The molecule has 0 aliphatic heterocycles. The second kappa shape index (κ2) is 3.57. The van der Waals surface area contributed by atoms with E-state index < -0.39 is 11.7 Å². The molecule has 0 unspecified atom stereocenters. The lowest BCUT2D eigenvalue weighted by atomic mass is 10.2. The van der Waals surface area contributed by atoms with Gasteiger partial charge in [0.2, 0.25) is 0 Å². The SMILES string of the molecule is CNc1cccc(Br)c1C(F)(F)F. The minimum absolute atomic E-state index is 0.0480. The van der Waals surface area contributed by atoms with Crippen LogP contribution in [-0.2, 0) is 6.18 Å². The average molecular weight is 254 g/mol. The van der Waals surface area contributed by atoms with E-state index in [2.05, 4.69) is 21.2 Å². The van der Waals surface area contributed by atoms with Crippen LogP contribution in [0.4, 0.5) is 18.9 Å². The van der Waals surface area contributed by atoms with Crippen LogP contribution >= 0.6 is 15.9 Å². The molecule has 13 heavy (non-hydrogen) atoms. The normalized spacial score (nSPS) is 11.5. The van der Waals surface area contributed by atoms with Gasteiger partial charge in [-0.15, -0.1) is 0 Å². The van der Waals surface area contributed by atoms with Crippen molar-refractivity contribution in [1.82, 2.24) is 0 Å². The van der Waals surface area contributed by atoms with Gasteiger partial charge in [0, 0.05) is 17.2 Å². The molecule has 1 nitrogen and oxygen atoms in total. The van der Waals surface area contributed by atoms with Gasteiger partial charge in [-0.1, -0.05) is 22.0 Å². The monoisotopic (exact) mass is 253 g/mol. The van der Waals surface area contributed by atoms with Crippen LogP contribution in [-0.4, -0.2) is 7.05 Å². The highest BCUT2D eigenvalue weighted by Crippen LogP contribution is 2.39. The Bertz CT molecular complexity index is 309. The van der Waals surface area contributed by atoms with Gasteiger partial charge in [0.1, 0.15) is 0 Å². The third-order valence-corrected chi connectivity index (χ3v) is 2.23. The molecule has 0 heterocycles. The molecule has 0 spiro atoms. The van der Waals surface area contributed by atoms with Crippen molar-refractivity contribution in [3.63, 3.8) is 0 Å². The molecule has 0 fully saturated rings. The summed E-state index contributed by atoms with van der Waals surface area (Å²) in [6, 6.07) is 4.29. The highest BCUT2D eigenvalue weighted by atomic mass is 79.9. The molecule has 0 aromatic heterocycles. The molecule has 0 saturated carbocycles.